The smallest absolute Gasteiger partial charge is 0.253 e. The zero-order valence-electron chi connectivity index (χ0n) is 15.2. The lowest BCUT2D eigenvalue weighted by Crippen LogP contribution is -2.22. The maximum Gasteiger partial charge on any atom is 0.253 e. The molecule has 6 heteroatoms. The fourth-order valence-corrected chi connectivity index (χ4v) is 2.48. The van der Waals surface area contributed by atoms with E-state index in [0.717, 1.165) is 16.9 Å². The molecule has 2 aromatic carbocycles. The molecule has 0 aliphatic carbocycles. The lowest BCUT2D eigenvalue weighted by atomic mass is 10.2. The molecule has 0 radical (unpaired) electrons. The van der Waals surface area contributed by atoms with Crippen molar-refractivity contribution in [2.45, 2.75) is 6.54 Å². The Labute approximate surface area is 157 Å². The Morgan fingerprint density at radius 2 is 1.70 bits per heavy atom. The normalized spacial score (nSPS) is 10.3. The summed E-state index contributed by atoms with van der Waals surface area (Å²) in [6.45, 7) is 0.331. The minimum atomic E-state index is -0.297. The molecule has 2 N–H and O–H groups in total. The number of pyridine rings is 1. The second-order valence-corrected chi connectivity index (χ2v) is 6.31. The quantitative estimate of drug-likeness (QED) is 0.695. The van der Waals surface area contributed by atoms with E-state index in [2.05, 4.69) is 15.6 Å². The molecule has 0 saturated heterocycles. The highest BCUT2D eigenvalue weighted by Gasteiger charge is 2.06. The van der Waals surface area contributed by atoms with E-state index in [-0.39, 0.29) is 11.7 Å². The lowest BCUT2D eigenvalue weighted by molar-refractivity contribution is 0.0950. The lowest BCUT2D eigenvalue weighted by Gasteiger charge is -2.13. The van der Waals surface area contributed by atoms with Crippen LogP contribution in [0.4, 0.5) is 21.6 Å². The average molecular weight is 364 g/mol. The molecule has 27 heavy (non-hydrogen) atoms. The van der Waals surface area contributed by atoms with E-state index in [1.165, 1.54) is 18.3 Å². The first-order chi connectivity index (χ1) is 13.0. The molecule has 1 heterocycles. The van der Waals surface area contributed by atoms with Gasteiger partial charge in [0.25, 0.3) is 5.91 Å². The number of rotatable bonds is 6. The van der Waals surface area contributed by atoms with E-state index in [4.69, 9.17) is 0 Å². The minimum absolute atomic E-state index is 0.228. The van der Waals surface area contributed by atoms with Gasteiger partial charge in [-0.3, -0.25) is 4.79 Å². The summed E-state index contributed by atoms with van der Waals surface area (Å²) in [6, 6.07) is 17.5. The molecule has 5 nitrogen and oxygen atoms in total. The maximum absolute atomic E-state index is 12.9. The molecule has 0 aliphatic rings. The predicted molar refractivity (Wildman–Crippen MR) is 106 cm³/mol. The molecule has 0 bridgehead atoms. The number of hydrogen-bond donors (Lipinski definition) is 2. The minimum Gasteiger partial charge on any atom is -0.378 e. The number of nitrogens with one attached hydrogen (secondary N) is 2. The van der Waals surface area contributed by atoms with Crippen LogP contribution in [0.2, 0.25) is 0 Å². The van der Waals surface area contributed by atoms with Crippen molar-refractivity contribution in [3.63, 3.8) is 0 Å². The van der Waals surface area contributed by atoms with Gasteiger partial charge in [-0.15, -0.1) is 0 Å². The van der Waals surface area contributed by atoms with Crippen LogP contribution < -0.4 is 15.5 Å². The SMILES string of the molecule is CN(C)c1ccc(Nc2ccc(C(=O)NCc3ccc(F)cc3)cn2)cc1. The van der Waals surface area contributed by atoms with Crippen LogP contribution in [0.1, 0.15) is 15.9 Å². The van der Waals surface area contributed by atoms with Gasteiger partial charge in [0, 0.05) is 38.2 Å². The van der Waals surface area contributed by atoms with Crippen molar-refractivity contribution in [3.8, 4) is 0 Å². The van der Waals surface area contributed by atoms with Crippen LogP contribution >= 0.6 is 0 Å². The summed E-state index contributed by atoms with van der Waals surface area (Å²) in [5.74, 6) is 0.130. The van der Waals surface area contributed by atoms with Gasteiger partial charge in [-0.05, 0) is 54.1 Å². The molecule has 138 valence electrons. The van der Waals surface area contributed by atoms with Crippen molar-refractivity contribution < 1.29 is 9.18 Å². The summed E-state index contributed by atoms with van der Waals surface area (Å²) >= 11 is 0. The summed E-state index contributed by atoms with van der Waals surface area (Å²) in [4.78, 5) is 18.5. The number of anilines is 3. The molecule has 0 unspecified atom stereocenters. The van der Waals surface area contributed by atoms with Gasteiger partial charge in [0.1, 0.15) is 11.6 Å². The van der Waals surface area contributed by atoms with Crippen LogP contribution in [0.5, 0.6) is 0 Å². The monoisotopic (exact) mass is 364 g/mol. The van der Waals surface area contributed by atoms with Crippen LogP contribution in [0.3, 0.4) is 0 Å². The Bertz CT molecular complexity index is 891. The third-order valence-electron chi connectivity index (χ3n) is 4.05. The van der Waals surface area contributed by atoms with Gasteiger partial charge in [-0.2, -0.15) is 0 Å². The Morgan fingerprint density at radius 1 is 1.00 bits per heavy atom. The van der Waals surface area contributed by atoms with E-state index in [1.54, 1.807) is 24.3 Å². The first kappa shape index (κ1) is 18.4. The van der Waals surface area contributed by atoms with Gasteiger partial charge in [-0.1, -0.05) is 12.1 Å². The Balaban J connectivity index is 1.57. The number of carbonyl (C=O) groups excluding carboxylic acids is 1. The molecule has 3 rings (SSSR count). The first-order valence-corrected chi connectivity index (χ1v) is 8.54. The number of aromatic nitrogens is 1. The van der Waals surface area contributed by atoms with Gasteiger partial charge in [0.2, 0.25) is 0 Å². The van der Waals surface area contributed by atoms with Crippen LogP contribution in [-0.2, 0) is 6.54 Å². The largest absolute Gasteiger partial charge is 0.378 e. The molecule has 0 saturated carbocycles. The van der Waals surface area contributed by atoms with Gasteiger partial charge in [-0.25, -0.2) is 9.37 Å². The highest BCUT2D eigenvalue weighted by Crippen LogP contribution is 2.19. The van der Waals surface area contributed by atoms with Gasteiger partial charge >= 0.3 is 0 Å². The Morgan fingerprint density at radius 3 is 2.30 bits per heavy atom. The fraction of sp³-hybridized carbons (Fsp3) is 0.143. The second-order valence-electron chi connectivity index (χ2n) is 6.31. The Hall–Kier alpha value is -3.41. The van der Waals surface area contributed by atoms with E-state index < -0.39 is 0 Å². The summed E-state index contributed by atoms with van der Waals surface area (Å²) < 4.78 is 12.9. The summed E-state index contributed by atoms with van der Waals surface area (Å²) in [7, 11) is 3.98. The van der Waals surface area contributed by atoms with Crippen LogP contribution in [0.25, 0.3) is 0 Å². The second kappa shape index (κ2) is 8.31. The van der Waals surface area contributed by atoms with E-state index in [1.807, 2.05) is 43.3 Å². The van der Waals surface area contributed by atoms with Gasteiger partial charge in [0.15, 0.2) is 0 Å². The van der Waals surface area contributed by atoms with Crippen LogP contribution in [-0.4, -0.2) is 25.0 Å². The maximum atomic E-state index is 12.9. The summed E-state index contributed by atoms with van der Waals surface area (Å²) in [5.41, 5.74) is 3.33. The van der Waals surface area contributed by atoms with Gasteiger partial charge < -0.3 is 15.5 Å². The van der Waals surface area contributed by atoms with Crippen molar-refractivity contribution in [3.05, 3.63) is 83.8 Å². The fourth-order valence-electron chi connectivity index (χ4n) is 2.48. The highest BCUT2D eigenvalue weighted by atomic mass is 19.1. The first-order valence-electron chi connectivity index (χ1n) is 8.54. The van der Waals surface area contributed by atoms with Crippen molar-refractivity contribution in [2.24, 2.45) is 0 Å². The molecule has 0 atom stereocenters. The van der Waals surface area contributed by atoms with E-state index in [0.29, 0.717) is 17.9 Å². The number of carbonyl (C=O) groups is 1. The molecule has 1 amide bonds. The highest BCUT2D eigenvalue weighted by molar-refractivity contribution is 5.94. The van der Waals surface area contributed by atoms with Crippen LogP contribution in [0, 0.1) is 5.82 Å². The number of nitrogens with zero attached hydrogens (tertiary/aromatic N) is 2. The molecular formula is C21H21FN4O. The molecule has 0 aliphatic heterocycles. The zero-order chi connectivity index (χ0) is 19.2. The zero-order valence-corrected chi connectivity index (χ0v) is 15.2. The summed E-state index contributed by atoms with van der Waals surface area (Å²) in [5, 5.41) is 6.00. The van der Waals surface area contributed by atoms with Crippen molar-refractivity contribution in [1.82, 2.24) is 10.3 Å². The van der Waals surface area contributed by atoms with Crippen LogP contribution in [0.15, 0.2) is 66.9 Å². The van der Waals surface area contributed by atoms with E-state index >= 15 is 0 Å². The standard InChI is InChI=1S/C21H21FN4O/c1-26(2)19-10-8-18(9-11-19)25-20-12-5-16(14-23-20)21(27)24-13-15-3-6-17(22)7-4-15/h3-12,14H,13H2,1-2H3,(H,23,25)(H,24,27). The van der Waals surface area contributed by atoms with E-state index in [9.17, 15) is 9.18 Å². The predicted octanol–water partition coefficient (Wildman–Crippen LogP) is 3.96. The van der Waals surface area contributed by atoms with Crippen molar-refractivity contribution >= 4 is 23.1 Å². The molecular weight excluding hydrogens is 343 g/mol. The van der Waals surface area contributed by atoms with Crippen molar-refractivity contribution in [2.75, 3.05) is 24.3 Å². The number of halogens is 1. The number of hydrogen-bond acceptors (Lipinski definition) is 4. The average Bonchev–Trinajstić information content (AvgIpc) is 2.68. The number of benzene rings is 2. The molecule has 0 spiro atoms. The van der Waals surface area contributed by atoms with Crippen molar-refractivity contribution in [1.29, 1.82) is 0 Å². The molecule has 0 fully saturated rings. The molecule has 3 aromatic rings. The summed E-state index contributed by atoms with van der Waals surface area (Å²) in [6.07, 6.45) is 1.52. The molecule has 1 aromatic heterocycles. The van der Waals surface area contributed by atoms with Gasteiger partial charge in [0.05, 0.1) is 5.56 Å². The Kier molecular flexibility index (Phi) is 5.66. The third-order valence-corrected chi connectivity index (χ3v) is 4.05. The third kappa shape index (κ3) is 5.04. The number of amides is 1. The topological polar surface area (TPSA) is 57.3 Å².